The first-order valence-electron chi connectivity index (χ1n) is 12.2. The molecule has 1 aromatic carbocycles. The molecule has 0 saturated carbocycles. The molecule has 1 aliphatic carbocycles. The fourth-order valence-corrected chi connectivity index (χ4v) is 6.63. The van der Waals surface area contributed by atoms with E-state index < -0.39 is 0 Å². The van der Waals surface area contributed by atoms with Gasteiger partial charge in [0.2, 0.25) is 0 Å². The van der Waals surface area contributed by atoms with Gasteiger partial charge in [-0.15, -0.1) is 11.3 Å². The molecule has 3 aromatic rings. The Morgan fingerprint density at radius 3 is 3.03 bits per heavy atom. The molecule has 5 heterocycles. The molecular weight excluding hydrogens is 479 g/mol. The lowest BCUT2D eigenvalue weighted by Crippen LogP contribution is -2.45. The van der Waals surface area contributed by atoms with Gasteiger partial charge in [0.15, 0.2) is 0 Å². The van der Waals surface area contributed by atoms with Crippen LogP contribution in [0.15, 0.2) is 18.2 Å². The quantitative estimate of drug-likeness (QED) is 0.500. The number of pyridine rings is 1. The van der Waals surface area contributed by atoms with Crippen molar-refractivity contribution in [2.75, 3.05) is 36.9 Å². The van der Waals surface area contributed by atoms with Crippen LogP contribution in [-0.4, -0.2) is 55.3 Å². The fraction of sp³-hybridized carbons (Fsp3) is 0.423. The number of halogens is 1. The molecule has 0 spiro atoms. The number of anilines is 2. The Balaban J connectivity index is 1.25. The van der Waals surface area contributed by atoms with Crippen LogP contribution < -0.4 is 21.3 Å². The van der Waals surface area contributed by atoms with Gasteiger partial charge in [0, 0.05) is 42.8 Å². The predicted octanol–water partition coefficient (Wildman–Crippen LogP) is 2.66. The number of fused-ring (bicyclic) bond motifs is 6. The number of nitrogen functional groups attached to an aromatic ring is 1. The Morgan fingerprint density at radius 1 is 1.39 bits per heavy atom. The van der Waals surface area contributed by atoms with Crippen molar-refractivity contribution < 1.29 is 13.9 Å². The van der Waals surface area contributed by atoms with E-state index in [-0.39, 0.29) is 29.9 Å². The van der Waals surface area contributed by atoms with Crippen molar-refractivity contribution in [2.45, 2.75) is 44.4 Å². The number of carbonyl (C=O) groups is 1. The minimum Gasteiger partial charge on any atom is -0.397 e. The zero-order valence-electron chi connectivity index (χ0n) is 19.9. The predicted molar refractivity (Wildman–Crippen MR) is 137 cm³/mol. The summed E-state index contributed by atoms with van der Waals surface area (Å²) >= 11 is 1.27. The number of hydrogen-bond donors (Lipinski definition) is 3. The number of nitrogens with two attached hydrogens (primary N) is 1. The van der Waals surface area contributed by atoms with Crippen molar-refractivity contribution in [1.29, 1.82) is 5.26 Å². The largest absolute Gasteiger partial charge is 0.397 e. The van der Waals surface area contributed by atoms with Crippen LogP contribution in [0.3, 0.4) is 0 Å². The summed E-state index contributed by atoms with van der Waals surface area (Å²) in [5.74, 6) is -0.601. The summed E-state index contributed by atoms with van der Waals surface area (Å²) in [6.07, 6.45) is 1.50. The highest BCUT2D eigenvalue weighted by Crippen LogP contribution is 2.36. The number of ether oxygens (including phenoxy) is 1. The molecule has 3 aliphatic heterocycles. The molecule has 1 amide bonds. The van der Waals surface area contributed by atoms with Crippen LogP contribution >= 0.6 is 11.3 Å². The number of rotatable bonds is 3. The summed E-state index contributed by atoms with van der Waals surface area (Å²) in [6.45, 7) is 4.58. The van der Waals surface area contributed by atoms with Gasteiger partial charge in [-0.2, -0.15) is 5.26 Å². The minimum atomic E-state index is -0.329. The number of nitriles is 1. The van der Waals surface area contributed by atoms with Crippen LogP contribution in [-0.2, 0) is 17.6 Å². The molecule has 3 atom stereocenters. The molecule has 10 heteroatoms. The van der Waals surface area contributed by atoms with Gasteiger partial charge >= 0.3 is 0 Å². The first-order chi connectivity index (χ1) is 17.4. The maximum Gasteiger partial charge on any atom is 0.263 e. The van der Waals surface area contributed by atoms with E-state index in [1.165, 1.54) is 17.4 Å². The highest BCUT2D eigenvalue weighted by molar-refractivity contribution is 7.21. The molecule has 2 bridgehead atoms. The summed E-state index contributed by atoms with van der Waals surface area (Å²) in [7, 11) is 0. The first kappa shape index (κ1) is 23.2. The summed E-state index contributed by atoms with van der Waals surface area (Å²) in [5.41, 5.74) is 9.98. The van der Waals surface area contributed by atoms with Gasteiger partial charge < -0.3 is 26.0 Å². The topological polar surface area (TPSA) is 116 Å². The highest BCUT2D eigenvalue weighted by Gasteiger charge is 2.34. The van der Waals surface area contributed by atoms with Gasteiger partial charge in [-0.05, 0) is 55.5 Å². The van der Waals surface area contributed by atoms with E-state index in [4.69, 9.17) is 10.5 Å². The van der Waals surface area contributed by atoms with Crippen LogP contribution in [0.4, 0.5) is 15.8 Å². The Labute approximate surface area is 212 Å². The maximum atomic E-state index is 15.5. The van der Waals surface area contributed by atoms with Gasteiger partial charge in [-0.3, -0.25) is 4.79 Å². The van der Waals surface area contributed by atoms with Crippen molar-refractivity contribution >= 4 is 38.8 Å². The van der Waals surface area contributed by atoms with Crippen LogP contribution in [0.2, 0.25) is 0 Å². The van der Waals surface area contributed by atoms with Gasteiger partial charge in [0.25, 0.3) is 5.91 Å². The number of thiophene rings is 1. The van der Waals surface area contributed by atoms with Gasteiger partial charge in [0.1, 0.15) is 21.6 Å². The van der Waals surface area contributed by atoms with Crippen LogP contribution in [0.25, 0.3) is 10.2 Å². The fourth-order valence-electron chi connectivity index (χ4n) is 5.58. The molecule has 4 aliphatic rings. The van der Waals surface area contributed by atoms with E-state index in [2.05, 4.69) is 26.6 Å². The number of nitrogens with zero attached hydrogens (tertiary/aromatic N) is 3. The Hall–Kier alpha value is -3.26. The molecule has 4 N–H and O–H groups in total. The Morgan fingerprint density at radius 2 is 2.25 bits per heavy atom. The molecule has 2 aromatic heterocycles. The number of nitrogens with one attached hydrogen (secondary N) is 2. The normalized spacial score (nSPS) is 23.2. The second-order valence-electron chi connectivity index (χ2n) is 9.85. The number of amides is 1. The number of carbonyl (C=O) groups excluding carboxylic acids is 1. The number of morpholine rings is 1. The standard InChI is InChI=1S/C26H27FN6O2S/c1-13-2-4-18-23(29)24(36-26(18)31-13)25(34)32-14-3-5-17-19(6-14)21(27)7-22(20(17)8-28)33-10-15-12-35-16(11-33)9-30-15/h2,4,7,14-16,30H,3,5-6,9-12,29H2,1H3,(H,32,34)/t14-,15?,16?/m1/s1. The average molecular weight is 507 g/mol. The van der Waals surface area contributed by atoms with Crippen LogP contribution in [0, 0.1) is 24.1 Å². The molecular formula is C26H27FN6O2S. The van der Waals surface area contributed by atoms with Crippen molar-refractivity contribution in [1.82, 2.24) is 15.6 Å². The number of aryl methyl sites for hydroxylation is 1. The molecule has 0 radical (unpaired) electrons. The van der Waals surface area contributed by atoms with Gasteiger partial charge in [-0.25, -0.2) is 9.37 Å². The number of hydrogen-bond acceptors (Lipinski definition) is 8. The number of benzene rings is 1. The summed E-state index contributed by atoms with van der Waals surface area (Å²) in [4.78, 5) is 20.8. The SMILES string of the molecule is Cc1ccc2c(N)c(C(=O)N[C@@H]3CCc4c(C#N)c(N5CC6COC(CN6)C5)cc(F)c4C3)sc2n1. The summed E-state index contributed by atoms with van der Waals surface area (Å²) < 4.78 is 21.3. The van der Waals surface area contributed by atoms with Crippen molar-refractivity contribution in [3.63, 3.8) is 0 Å². The van der Waals surface area contributed by atoms with Crippen molar-refractivity contribution in [2.24, 2.45) is 0 Å². The van der Waals surface area contributed by atoms with E-state index in [0.29, 0.717) is 66.3 Å². The maximum absolute atomic E-state index is 15.5. The van der Waals surface area contributed by atoms with Crippen molar-refractivity contribution in [3.05, 3.63) is 51.3 Å². The second kappa shape index (κ2) is 9.00. The van der Waals surface area contributed by atoms with Crippen molar-refractivity contribution in [3.8, 4) is 6.07 Å². The molecule has 36 heavy (non-hydrogen) atoms. The molecule has 8 nitrogen and oxygen atoms in total. The van der Waals surface area contributed by atoms with E-state index in [1.807, 2.05) is 19.1 Å². The Kier molecular flexibility index (Phi) is 5.79. The molecule has 2 unspecified atom stereocenters. The average Bonchev–Trinajstić information content (AvgIpc) is 3.02. The van der Waals surface area contributed by atoms with E-state index >= 15 is 4.39 Å². The Bertz CT molecular complexity index is 1390. The van der Waals surface area contributed by atoms with Gasteiger partial charge in [0.05, 0.1) is 29.6 Å². The zero-order valence-corrected chi connectivity index (χ0v) is 20.8. The minimum absolute atomic E-state index is 0.0226. The summed E-state index contributed by atoms with van der Waals surface area (Å²) in [5, 5.41) is 17.3. The third-order valence-corrected chi connectivity index (χ3v) is 8.54. The smallest absolute Gasteiger partial charge is 0.263 e. The van der Waals surface area contributed by atoms with E-state index in [1.54, 1.807) is 0 Å². The molecule has 3 fully saturated rings. The highest BCUT2D eigenvalue weighted by atomic mass is 32.1. The summed E-state index contributed by atoms with van der Waals surface area (Å²) in [6, 6.07) is 7.50. The lowest BCUT2D eigenvalue weighted by atomic mass is 9.84. The molecule has 3 saturated heterocycles. The lowest BCUT2D eigenvalue weighted by Gasteiger charge is -2.31. The second-order valence-corrected chi connectivity index (χ2v) is 10.8. The lowest BCUT2D eigenvalue weighted by molar-refractivity contribution is 0.0259. The monoisotopic (exact) mass is 506 g/mol. The van der Waals surface area contributed by atoms with Crippen LogP contribution in [0.1, 0.15) is 38.5 Å². The van der Waals surface area contributed by atoms with E-state index in [0.717, 1.165) is 28.0 Å². The van der Waals surface area contributed by atoms with Crippen LogP contribution in [0.5, 0.6) is 0 Å². The zero-order chi connectivity index (χ0) is 25.0. The third kappa shape index (κ3) is 3.97. The molecule has 7 rings (SSSR count). The number of aromatic nitrogens is 1. The molecule has 186 valence electrons. The first-order valence-corrected chi connectivity index (χ1v) is 13.0. The van der Waals surface area contributed by atoms with E-state index in [9.17, 15) is 10.1 Å². The third-order valence-electron chi connectivity index (χ3n) is 7.43. The van der Waals surface area contributed by atoms with Gasteiger partial charge in [-0.1, -0.05) is 0 Å².